The van der Waals surface area contributed by atoms with Gasteiger partial charge in [0.1, 0.15) is 5.83 Å². The zero-order chi connectivity index (χ0) is 21.9. The predicted octanol–water partition coefficient (Wildman–Crippen LogP) is 8.32. The molecule has 4 aromatic rings. The molecule has 2 aromatic heterocycles. The Hall–Kier alpha value is -2.78. The van der Waals surface area contributed by atoms with Gasteiger partial charge in [-0.25, -0.2) is 4.39 Å². The summed E-state index contributed by atoms with van der Waals surface area (Å²) in [4.78, 5) is 0. The third-order valence-electron chi connectivity index (χ3n) is 7.97. The van der Waals surface area contributed by atoms with Gasteiger partial charge in [-0.15, -0.1) is 11.3 Å². The first-order valence-electron chi connectivity index (χ1n) is 12.3. The Morgan fingerprint density at radius 3 is 2.64 bits per heavy atom. The predicted molar refractivity (Wildman–Crippen MR) is 136 cm³/mol. The van der Waals surface area contributed by atoms with Crippen molar-refractivity contribution in [1.82, 2.24) is 0 Å². The first-order chi connectivity index (χ1) is 16.2. The van der Waals surface area contributed by atoms with E-state index in [0.29, 0.717) is 0 Å². The molecule has 33 heavy (non-hydrogen) atoms. The van der Waals surface area contributed by atoms with Gasteiger partial charge in [0.25, 0.3) is 0 Å². The maximum Gasteiger partial charge on any atom is 0.215 e. The molecule has 1 fully saturated rings. The monoisotopic (exact) mass is 452 g/mol. The fourth-order valence-electron chi connectivity index (χ4n) is 6.15. The lowest BCUT2D eigenvalue weighted by Crippen LogP contribution is -2.32. The van der Waals surface area contributed by atoms with Gasteiger partial charge in [0.2, 0.25) is 5.69 Å². The van der Waals surface area contributed by atoms with Crippen LogP contribution in [0.15, 0.2) is 72.7 Å². The summed E-state index contributed by atoms with van der Waals surface area (Å²) >= 11 is 1.92. The van der Waals surface area contributed by atoms with Crippen molar-refractivity contribution >= 4 is 31.5 Å². The number of thiophene rings is 1. The van der Waals surface area contributed by atoms with Crippen molar-refractivity contribution in [3.63, 3.8) is 0 Å². The summed E-state index contributed by atoms with van der Waals surface area (Å²) in [6, 6.07) is 16.4. The highest BCUT2D eigenvalue weighted by Gasteiger charge is 2.31. The van der Waals surface area contributed by atoms with Gasteiger partial charge >= 0.3 is 0 Å². The van der Waals surface area contributed by atoms with Crippen molar-refractivity contribution in [3.05, 3.63) is 89.4 Å². The van der Waals surface area contributed by atoms with Gasteiger partial charge in [-0.3, -0.25) is 0 Å². The highest BCUT2D eigenvalue weighted by atomic mass is 32.1. The Balaban J connectivity index is 1.35. The molecule has 7 rings (SSSR count). The number of hydrogen-bond donors (Lipinski definition) is 0. The minimum atomic E-state index is -0.117. The van der Waals surface area contributed by atoms with Crippen molar-refractivity contribution in [2.75, 3.05) is 0 Å². The Morgan fingerprint density at radius 1 is 0.909 bits per heavy atom. The molecule has 2 aromatic carbocycles. The van der Waals surface area contributed by atoms with Gasteiger partial charge in [-0.05, 0) is 54.5 Å². The molecule has 3 heterocycles. The van der Waals surface area contributed by atoms with E-state index in [1.54, 1.807) is 12.2 Å². The molecule has 0 radical (unpaired) electrons. The first kappa shape index (κ1) is 19.7. The summed E-state index contributed by atoms with van der Waals surface area (Å²) in [6.07, 6.45) is 15.2. The second-order valence-corrected chi connectivity index (χ2v) is 11.0. The van der Waals surface area contributed by atoms with Crippen LogP contribution >= 0.6 is 11.3 Å². The molecule has 1 unspecified atom stereocenters. The number of rotatable bonds is 2. The van der Waals surface area contributed by atoms with E-state index >= 15 is 0 Å². The fourth-order valence-corrected chi connectivity index (χ4v) is 7.48. The van der Waals surface area contributed by atoms with E-state index in [0.717, 1.165) is 18.9 Å². The van der Waals surface area contributed by atoms with E-state index < -0.39 is 0 Å². The summed E-state index contributed by atoms with van der Waals surface area (Å²) in [5.74, 6) is 0.868. The highest BCUT2D eigenvalue weighted by Crippen LogP contribution is 2.44. The lowest BCUT2D eigenvalue weighted by Gasteiger charge is -2.21. The van der Waals surface area contributed by atoms with Gasteiger partial charge in [0, 0.05) is 43.8 Å². The average Bonchev–Trinajstić information content (AvgIpc) is 3.42. The molecule has 0 bridgehead atoms. The zero-order valence-corrected chi connectivity index (χ0v) is 19.5. The Morgan fingerprint density at radius 2 is 1.79 bits per heavy atom. The quantitative estimate of drug-likeness (QED) is 0.237. The van der Waals surface area contributed by atoms with E-state index in [2.05, 4.69) is 53.2 Å². The standard InChI is InChI=1S/C30H27FNS/c31-24-10-6-20(7-11-24)21-8-12-25-26-13-9-23-18-32-15-14-22(19-4-2-1-3-5-19)16-27(32)29(23)30(26)33-28(25)17-21/h6,8-17,19-20H,1-5,7,18H2/q+1. The summed E-state index contributed by atoms with van der Waals surface area (Å²) in [5.41, 5.74) is 7.07. The van der Waals surface area contributed by atoms with E-state index in [-0.39, 0.29) is 11.7 Å². The normalized spacial score (nSPS) is 20.3. The third kappa shape index (κ3) is 3.20. The average molecular weight is 453 g/mol. The van der Waals surface area contributed by atoms with Gasteiger partial charge in [0.15, 0.2) is 12.7 Å². The van der Waals surface area contributed by atoms with E-state index in [9.17, 15) is 4.39 Å². The number of nitrogens with zero attached hydrogens (tertiary/aromatic N) is 1. The lowest BCUT2D eigenvalue weighted by molar-refractivity contribution is -0.672. The van der Waals surface area contributed by atoms with Crippen molar-refractivity contribution in [3.8, 4) is 11.3 Å². The van der Waals surface area contributed by atoms with Crippen molar-refractivity contribution < 1.29 is 8.96 Å². The molecule has 1 atom stereocenters. The molecule has 1 aliphatic heterocycles. The number of halogens is 1. The lowest BCUT2D eigenvalue weighted by atomic mass is 9.84. The molecule has 3 heteroatoms. The molecule has 164 valence electrons. The first-order valence-corrected chi connectivity index (χ1v) is 13.1. The number of fused-ring (bicyclic) bond motifs is 7. The van der Waals surface area contributed by atoms with Crippen LogP contribution in [0.3, 0.4) is 0 Å². The van der Waals surface area contributed by atoms with Crippen LogP contribution in [0.25, 0.3) is 31.4 Å². The number of hydrogen-bond acceptors (Lipinski definition) is 1. The summed E-state index contributed by atoms with van der Waals surface area (Å²) in [7, 11) is 0. The molecule has 0 amide bonds. The van der Waals surface area contributed by atoms with Crippen molar-refractivity contribution in [2.24, 2.45) is 0 Å². The van der Waals surface area contributed by atoms with Gasteiger partial charge in [-0.2, -0.15) is 4.57 Å². The van der Waals surface area contributed by atoms with Crippen LogP contribution in [-0.4, -0.2) is 0 Å². The fraction of sp³-hybridized carbons (Fsp3) is 0.300. The second kappa shape index (κ2) is 7.63. The van der Waals surface area contributed by atoms with Crippen molar-refractivity contribution in [1.29, 1.82) is 0 Å². The van der Waals surface area contributed by atoms with Gasteiger partial charge in [0.05, 0.1) is 5.56 Å². The van der Waals surface area contributed by atoms with E-state index in [1.807, 2.05) is 17.4 Å². The maximum atomic E-state index is 13.4. The van der Waals surface area contributed by atoms with Crippen LogP contribution in [0.4, 0.5) is 4.39 Å². The minimum absolute atomic E-state index is 0.117. The summed E-state index contributed by atoms with van der Waals surface area (Å²) in [6.45, 7) is 0.968. The SMILES string of the molecule is FC1=CCC(c2ccc3c(c2)sc2c4c(ccc23)C[n+]2ccc(C3CCCCC3)cc2-4)C=C1. The maximum absolute atomic E-state index is 13.4. The highest BCUT2D eigenvalue weighted by molar-refractivity contribution is 7.26. The molecule has 1 nitrogen and oxygen atoms in total. The third-order valence-corrected chi connectivity index (χ3v) is 9.15. The van der Waals surface area contributed by atoms with Crippen molar-refractivity contribution in [2.45, 2.75) is 56.9 Å². The molecule has 3 aliphatic rings. The summed E-state index contributed by atoms with van der Waals surface area (Å²) < 4.78 is 18.6. The van der Waals surface area contributed by atoms with E-state index in [1.165, 1.54) is 80.2 Å². The topological polar surface area (TPSA) is 3.88 Å². The van der Waals surface area contributed by atoms with Gasteiger partial charge < -0.3 is 0 Å². The minimum Gasteiger partial charge on any atom is -0.207 e. The van der Waals surface area contributed by atoms with Crippen LogP contribution in [0.2, 0.25) is 0 Å². The molecule has 0 spiro atoms. The van der Waals surface area contributed by atoms with Gasteiger partial charge in [-0.1, -0.05) is 49.6 Å². The molecular weight excluding hydrogens is 425 g/mol. The Bertz CT molecular complexity index is 1470. The van der Waals surface area contributed by atoms with Crippen LogP contribution in [0.5, 0.6) is 0 Å². The second-order valence-electron chi connectivity index (χ2n) is 9.93. The number of pyridine rings is 1. The van der Waals surface area contributed by atoms with E-state index in [4.69, 9.17) is 0 Å². The number of allylic oxidation sites excluding steroid dienone is 4. The number of aromatic nitrogens is 1. The molecule has 1 saturated carbocycles. The van der Waals surface area contributed by atoms with Crippen LogP contribution in [-0.2, 0) is 6.54 Å². The molecule has 0 N–H and O–H groups in total. The molecule has 0 saturated heterocycles. The smallest absolute Gasteiger partial charge is 0.207 e. The zero-order valence-electron chi connectivity index (χ0n) is 18.7. The van der Waals surface area contributed by atoms with Crippen LogP contribution in [0, 0.1) is 0 Å². The van der Waals surface area contributed by atoms with Crippen LogP contribution < -0.4 is 4.57 Å². The number of benzene rings is 2. The Labute approximate surface area is 197 Å². The summed E-state index contributed by atoms with van der Waals surface area (Å²) in [5, 5.41) is 2.70. The Kier molecular flexibility index (Phi) is 4.55. The largest absolute Gasteiger partial charge is 0.215 e. The van der Waals surface area contributed by atoms with Crippen LogP contribution in [0.1, 0.15) is 67.1 Å². The molecule has 2 aliphatic carbocycles. The molecular formula is C30H27FNS+.